The van der Waals surface area contributed by atoms with Crippen LogP contribution in [0.3, 0.4) is 0 Å². The van der Waals surface area contributed by atoms with E-state index in [9.17, 15) is 0 Å². The number of aryl methyl sites for hydroxylation is 3. The van der Waals surface area contributed by atoms with E-state index in [1.807, 2.05) is 19.1 Å². The standard InChI is InChI=1S/C39H31B10ClN2/c1-4-6-8-21-10-14-23(15-11-21)51(24-16-12-22(13-17-24)9-7-5-2)25-18-20(3)19-26(37(25)50)52(38-33(46)29(42)27(40)30(43)34(38)47)39-35(48)31(44)28(41)32(45)36(39)49/h10-19H,4-9H2,1-3H3. The number of hydrogen-bond acceptors (Lipinski definition) is 2. The van der Waals surface area contributed by atoms with Gasteiger partial charge in [0.2, 0.25) is 0 Å². The van der Waals surface area contributed by atoms with E-state index in [4.69, 9.17) is 90.1 Å². The molecular formula is C39H31B10ClN2. The summed E-state index contributed by atoms with van der Waals surface area (Å²) in [5.41, 5.74) is 6.56. The number of halogens is 1. The van der Waals surface area contributed by atoms with Crippen LogP contribution in [0, 0.1) is 6.92 Å². The van der Waals surface area contributed by atoms with Crippen molar-refractivity contribution in [3.8, 4) is 0 Å². The fourth-order valence-electron chi connectivity index (χ4n) is 6.37. The maximum Gasteiger partial charge on any atom is 0.115 e. The van der Waals surface area contributed by atoms with Gasteiger partial charge in [0.05, 0.1) is 16.4 Å². The molecule has 0 amide bonds. The van der Waals surface area contributed by atoms with Crippen molar-refractivity contribution in [1.82, 2.24) is 0 Å². The SMILES string of the molecule is [B]c1c([B])c([B])c(N(c2cc(C)cc(N(c3ccc(CCCC)cc3)c3ccc(CCCC)cc3)c2Cl)c2c([B])c([B])c([B])c([B])c2[B])c([B])c1[B]. The highest BCUT2D eigenvalue weighted by Crippen LogP contribution is 2.46. The molecule has 0 bridgehead atoms. The maximum atomic E-state index is 7.58. The molecule has 0 atom stereocenters. The Balaban J connectivity index is 1.85. The predicted molar refractivity (Wildman–Crippen MR) is 237 cm³/mol. The quantitative estimate of drug-likeness (QED) is 0.175. The molecule has 0 spiro atoms. The molecule has 0 aliphatic heterocycles. The van der Waals surface area contributed by atoms with Gasteiger partial charge in [-0.25, -0.2) is 0 Å². The normalized spacial score (nSPS) is 11.2. The molecule has 234 valence electrons. The van der Waals surface area contributed by atoms with E-state index >= 15 is 0 Å². The lowest BCUT2D eigenvalue weighted by Gasteiger charge is -2.38. The number of nitrogens with zero attached hydrogens (tertiary/aromatic N) is 2. The van der Waals surface area contributed by atoms with Gasteiger partial charge < -0.3 is 9.80 Å². The van der Waals surface area contributed by atoms with Gasteiger partial charge >= 0.3 is 0 Å². The molecule has 0 fully saturated rings. The third-order valence-electron chi connectivity index (χ3n) is 9.48. The first-order valence-corrected chi connectivity index (χ1v) is 17.7. The number of benzene rings is 5. The maximum absolute atomic E-state index is 7.58. The van der Waals surface area contributed by atoms with E-state index in [0.717, 1.165) is 55.5 Å². The summed E-state index contributed by atoms with van der Waals surface area (Å²) >= 11 is 7.58. The summed E-state index contributed by atoms with van der Waals surface area (Å²) in [5, 5.41) is 0.288. The van der Waals surface area contributed by atoms with E-state index in [1.54, 1.807) is 4.90 Å². The van der Waals surface area contributed by atoms with Gasteiger partial charge in [0.15, 0.2) is 0 Å². The Kier molecular flexibility index (Phi) is 12.8. The number of rotatable bonds is 12. The molecule has 0 aliphatic rings. The molecule has 0 heterocycles. The molecule has 13 heteroatoms. The zero-order chi connectivity index (χ0) is 38.0. The number of anilines is 6. The minimum atomic E-state index is 0.0113. The van der Waals surface area contributed by atoms with E-state index in [2.05, 4.69) is 67.3 Å². The first kappa shape index (κ1) is 39.8. The minimum absolute atomic E-state index is 0.0113. The van der Waals surface area contributed by atoms with Crippen LogP contribution in [0.5, 0.6) is 0 Å². The molecule has 5 aromatic carbocycles. The molecular weight excluding hydrogens is 640 g/mol. The van der Waals surface area contributed by atoms with Crippen molar-refractivity contribution in [2.45, 2.75) is 59.3 Å². The highest BCUT2D eigenvalue weighted by atomic mass is 35.5. The van der Waals surface area contributed by atoms with Crippen molar-refractivity contribution in [3.63, 3.8) is 0 Å². The second kappa shape index (κ2) is 16.8. The van der Waals surface area contributed by atoms with Gasteiger partial charge in [-0.2, -0.15) is 0 Å². The first-order valence-electron chi connectivity index (χ1n) is 17.3. The lowest BCUT2D eigenvalue weighted by Crippen LogP contribution is -2.59. The molecule has 5 aromatic rings. The second-order valence-electron chi connectivity index (χ2n) is 13.2. The van der Waals surface area contributed by atoms with Gasteiger partial charge in [0, 0.05) is 22.7 Å². The molecule has 0 unspecified atom stereocenters. The Hall–Kier alpha value is -3.36. The third kappa shape index (κ3) is 7.66. The molecule has 0 aliphatic carbocycles. The summed E-state index contributed by atoms with van der Waals surface area (Å²) < 4.78 is 0. The van der Waals surface area contributed by atoms with E-state index < -0.39 is 0 Å². The average molecular weight is 671 g/mol. The fourth-order valence-corrected chi connectivity index (χ4v) is 6.65. The second-order valence-corrected chi connectivity index (χ2v) is 13.5. The summed E-state index contributed by atoms with van der Waals surface area (Å²) in [6, 6.07) is 20.8. The van der Waals surface area contributed by atoms with Crippen molar-refractivity contribution in [2.24, 2.45) is 0 Å². The van der Waals surface area contributed by atoms with Crippen LogP contribution in [0.4, 0.5) is 34.1 Å². The molecule has 5 rings (SSSR count). The zero-order valence-corrected chi connectivity index (χ0v) is 30.8. The lowest BCUT2D eigenvalue weighted by molar-refractivity contribution is 0.795. The molecule has 0 saturated heterocycles. The van der Waals surface area contributed by atoms with Gasteiger partial charge in [-0.15, -0.1) is 32.8 Å². The third-order valence-corrected chi connectivity index (χ3v) is 9.86. The van der Waals surface area contributed by atoms with Gasteiger partial charge in [-0.05, 0) is 85.7 Å². The highest BCUT2D eigenvalue weighted by molar-refractivity contribution is 6.71. The van der Waals surface area contributed by atoms with Gasteiger partial charge in [0.1, 0.15) is 78.5 Å². The predicted octanol–water partition coefficient (Wildman–Crippen LogP) is 0.211. The average Bonchev–Trinajstić information content (AvgIpc) is 3.14. The minimum Gasteiger partial charge on any atom is -0.311 e. The summed E-state index contributed by atoms with van der Waals surface area (Å²) in [7, 11) is 64.8. The van der Waals surface area contributed by atoms with Crippen LogP contribution in [-0.2, 0) is 12.8 Å². The summed E-state index contributed by atoms with van der Waals surface area (Å²) in [6.45, 7) is 6.31. The van der Waals surface area contributed by atoms with Crippen molar-refractivity contribution in [3.05, 3.63) is 82.4 Å². The zero-order valence-electron chi connectivity index (χ0n) is 30.1. The van der Waals surface area contributed by atoms with Gasteiger partial charge in [-0.1, -0.05) is 84.4 Å². The molecule has 0 saturated carbocycles. The van der Waals surface area contributed by atoms with E-state index in [0.29, 0.717) is 11.4 Å². The number of hydrogen-bond donors (Lipinski definition) is 0. The highest BCUT2D eigenvalue weighted by Gasteiger charge is 2.28. The van der Waals surface area contributed by atoms with Gasteiger partial charge in [-0.3, -0.25) is 0 Å². The Labute approximate surface area is 328 Å². The topological polar surface area (TPSA) is 6.48 Å². The monoisotopic (exact) mass is 672 g/mol. The van der Waals surface area contributed by atoms with Crippen LogP contribution < -0.4 is 64.4 Å². The molecule has 2 nitrogen and oxygen atoms in total. The van der Waals surface area contributed by atoms with E-state index in [1.165, 1.54) is 11.1 Å². The van der Waals surface area contributed by atoms with Crippen LogP contribution in [0.25, 0.3) is 0 Å². The molecule has 0 aromatic heterocycles. The van der Waals surface area contributed by atoms with Crippen LogP contribution in [0.2, 0.25) is 5.02 Å². The Morgan fingerprint density at radius 3 is 1.10 bits per heavy atom. The van der Waals surface area contributed by atoms with Crippen molar-refractivity contribution in [1.29, 1.82) is 0 Å². The smallest absolute Gasteiger partial charge is 0.115 e. The largest absolute Gasteiger partial charge is 0.311 e. The molecule has 0 N–H and O–H groups in total. The molecule has 52 heavy (non-hydrogen) atoms. The van der Waals surface area contributed by atoms with Crippen LogP contribution in [0.1, 0.15) is 56.2 Å². The number of unbranched alkanes of at least 4 members (excludes halogenated alkanes) is 2. The van der Waals surface area contributed by atoms with Crippen molar-refractivity contribution < 1.29 is 0 Å². The Morgan fingerprint density at radius 1 is 0.462 bits per heavy atom. The summed E-state index contributed by atoms with van der Waals surface area (Å²) in [4.78, 5) is 3.67. The Bertz CT molecular complexity index is 1920. The lowest BCUT2D eigenvalue weighted by atomic mass is 9.60. The van der Waals surface area contributed by atoms with Gasteiger partial charge in [0.25, 0.3) is 0 Å². The first-order chi connectivity index (χ1) is 24.7. The fraction of sp³-hybridized carbons (Fsp3) is 0.231. The van der Waals surface area contributed by atoms with Crippen LogP contribution in [0.15, 0.2) is 60.7 Å². The molecule has 20 radical (unpaired) electrons. The van der Waals surface area contributed by atoms with E-state index in [-0.39, 0.29) is 71.0 Å². The Morgan fingerprint density at radius 2 is 0.769 bits per heavy atom. The van der Waals surface area contributed by atoms with Crippen LogP contribution >= 0.6 is 11.6 Å². The van der Waals surface area contributed by atoms with Crippen LogP contribution in [-0.4, -0.2) is 78.5 Å². The van der Waals surface area contributed by atoms with Crippen molar-refractivity contribution in [2.75, 3.05) is 9.80 Å². The summed E-state index contributed by atoms with van der Waals surface area (Å²) in [5.74, 6) is 0. The summed E-state index contributed by atoms with van der Waals surface area (Å²) in [6.07, 6.45) is 6.39. The van der Waals surface area contributed by atoms with Crippen molar-refractivity contribution >= 4 is 179 Å².